The summed E-state index contributed by atoms with van der Waals surface area (Å²) in [7, 11) is 0. The highest BCUT2D eigenvalue weighted by molar-refractivity contribution is 5.94. The summed E-state index contributed by atoms with van der Waals surface area (Å²) in [5.74, 6) is 1.01. The molecule has 0 fully saturated rings. The van der Waals surface area contributed by atoms with Crippen molar-refractivity contribution < 1.29 is 9.53 Å². The van der Waals surface area contributed by atoms with Crippen LogP contribution in [0.5, 0.6) is 5.88 Å². The number of nitrogens with zero attached hydrogens (tertiary/aromatic N) is 2. The lowest BCUT2D eigenvalue weighted by molar-refractivity contribution is 0.0940. The highest BCUT2D eigenvalue weighted by Gasteiger charge is 2.30. The number of aromatic amines is 1. The van der Waals surface area contributed by atoms with Crippen LogP contribution in [0.3, 0.4) is 0 Å². The highest BCUT2D eigenvalue weighted by atomic mass is 16.5. The van der Waals surface area contributed by atoms with E-state index < -0.39 is 0 Å². The number of rotatable bonds is 3. The molecular weight excluding hydrogens is 280 g/mol. The molecule has 1 aliphatic rings. The number of aromatic nitrogens is 3. The zero-order valence-corrected chi connectivity index (χ0v) is 13.1. The van der Waals surface area contributed by atoms with E-state index in [-0.39, 0.29) is 11.3 Å². The first-order chi connectivity index (χ1) is 10.5. The number of H-pyrrole nitrogens is 1. The summed E-state index contributed by atoms with van der Waals surface area (Å²) >= 11 is 0. The van der Waals surface area contributed by atoms with E-state index in [2.05, 4.69) is 34.1 Å². The molecule has 0 saturated carbocycles. The molecule has 1 amide bonds. The summed E-state index contributed by atoms with van der Waals surface area (Å²) in [6, 6.07) is 3.72. The van der Waals surface area contributed by atoms with Crippen LogP contribution in [0.1, 0.15) is 37.0 Å². The Balaban J connectivity index is 2.05. The predicted molar refractivity (Wildman–Crippen MR) is 82.8 cm³/mol. The molecule has 1 aliphatic heterocycles. The molecule has 0 aromatic carbocycles. The number of carbonyl (C=O) groups excluding carboxylic acids is 1. The van der Waals surface area contributed by atoms with Crippen molar-refractivity contribution in [3.8, 4) is 17.3 Å². The lowest BCUT2D eigenvalue weighted by Crippen LogP contribution is -2.32. The van der Waals surface area contributed by atoms with Crippen LogP contribution >= 0.6 is 0 Å². The molecule has 0 bridgehead atoms. The summed E-state index contributed by atoms with van der Waals surface area (Å²) in [6.07, 6.45) is 2.44. The van der Waals surface area contributed by atoms with E-state index in [1.54, 1.807) is 6.20 Å². The Bertz CT molecular complexity index is 706. The average molecular weight is 300 g/mol. The smallest absolute Gasteiger partial charge is 0.271 e. The largest absolute Gasteiger partial charge is 0.477 e. The van der Waals surface area contributed by atoms with Gasteiger partial charge in [0, 0.05) is 18.4 Å². The zero-order valence-electron chi connectivity index (χ0n) is 13.1. The molecule has 0 aliphatic carbocycles. The lowest BCUT2D eigenvalue weighted by Gasteiger charge is -2.21. The Morgan fingerprint density at radius 1 is 1.41 bits per heavy atom. The van der Waals surface area contributed by atoms with Crippen LogP contribution in [0.25, 0.3) is 11.4 Å². The van der Waals surface area contributed by atoms with Gasteiger partial charge in [0.15, 0.2) is 0 Å². The maximum atomic E-state index is 12.2. The second-order valence-corrected chi connectivity index (χ2v) is 6.23. The summed E-state index contributed by atoms with van der Waals surface area (Å²) in [6.45, 7) is 7.32. The first-order valence-electron chi connectivity index (χ1n) is 7.45. The fourth-order valence-electron chi connectivity index (χ4n) is 2.62. The van der Waals surface area contributed by atoms with Gasteiger partial charge in [-0.05, 0) is 30.9 Å². The topological polar surface area (TPSA) is 79.9 Å². The molecule has 6 nitrogen and oxygen atoms in total. The first-order valence-corrected chi connectivity index (χ1v) is 7.45. The minimum atomic E-state index is -0.134. The Labute approximate surface area is 129 Å². The van der Waals surface area contributed by atoms with Crippen molar-refractivity contribution in [1.82, 2.24) is 20.3 Å². The van der Waals surface area contributed by atoms with E-state index in [0.29, 0.717) is 30.5 Å². The highest BCUT2D eigenvalue weighted by Crippen LogP contribution is 2.30. The monoisotopic (exact) mass is 300 g/mol. The Morgan fingerprint density at radius 3 is 3.00 bits per heavy atom. The van der Waals surface area contributed by atoms with Crippen LogP contribution in [-0.2, 0) is 6.42 Å². The quantitative estimate of drug-likeness (QED) is 0.910. The van der Waals surface area contributed by atoms with Crippen molar-refractivity contribution in [2.24, 2.45) is 5.41 Å². The predicted octanol–water partition coefficient (Wildman–Crippen LogP) is 2.18. The van der Waals surface area contributed by atoms with Gasteiger partial charge in [-0.2, -0.15) is 0 Å². The number of ether oxygens (including phenoxy) is 1. The van der Waals surface area contributed by atoms with Crippen molar-refractivity contribution in [2.45, 2.75) is 27.2 Å². The van der Waals surface area contributed by atoms with Crippen LogP contribution in [-0.4, -0.2) is 34.0 Å². The van der Waals surface area contributed by atoms with Gasteiger partial charge in [0.1, 0.15) is 11.5 Å². The Kier molecular flexibility index (Phi) is 3.60. The third kappa shape index (κ3) is 2.68. The summed E-state index contributed by atoms with van der Waals surface area (Å²) in [4.78, 5) is 24.2. The standard InChI is InChI=1S/C16H20N4O2/c1-4-22-15-10(6-5-7-17-15)13-19-11-8-16(2,3)9-18-14(21)12(11)20-13/h5-7H,4,8-9H2,1-3H3,(H,18,21)(H,19,20). The number of amides is 1. The fraction of sp³-hybridized carbons (Fsp3) is 0.438. The maximum Gasteiger partial charge on any atom is 0.271 e. The van der Waals surface area contributed by atoms with Crippen LogP contribution in [0, 0.1) is 5.41 Å². The molecule has 22 heavy (non-hydrogen) atoms. The van der Waals surface area contributed by atoms with Gasteiger partial charge in [-0.15, -0.1) is 0 Å². The lowest BCUT2D eigenvalue weighted by atomic mass is 9.88. The number of hydrogen-bond donors (Lipinski definition) is 2. The number of hydrogen-bond acceptors (Lipinski definition) is 4. The van der Waals surface area contributed by atoms with Gasteiger partial charge in [-0.1, -0.05) is 13.8 Å². The molecule has 3 heterocycles. The van der Waals surface area contributed by atoms with Crippen LogP contribution < -0.4 is 10.1 Å². The summed E-state index contributed by atoms with van der Waals surface area (Å²) in [5, 5.41) is 2.93. The second-order valence-electron chi connectivity index (χ2n) is 6.23. The molecule has 116 valence electrons. The van der Waals surface area contributed by atoms with Crippen molar-refractivity contribution >= 4 is 5.91 Å². The van der Waals surface area contributed by atoms with E-state index in [9.17, 15) is 4.79 Å². The molecular formula is C16H20N4O2. The molecule has 2 aromatic rings. The molecule has 0 atom stereocenters. The van der Waals surface area contributed by atoms with Crippen LogP contribution in [0.2, 0.25) is 0 Å². The SMILES string of the molecule is CCOc1ncccc1-c1nc2c([nH]1)CC(C)(C)CNC2=O. The van der Waals surface area contributed by atoms with Crippen LogP contribution in [0.4, 0.5) is 0 Å². The van der Waals surface area contributed by atoms with Crippen molar-refractivity contribution in [1.29, 1.82) is 0 Å². The van der Waals surface area contributed by atoms with Gasteiger partial charge in [0.05, 0.1) is 12.2 Å². The van der Waals surface area contributed by atoms with Gasteiger partial charge < -0.3 is 15.0 Å². The van der Waals surface area contributed by atoms with E-state index in [4.69, 9.17) is 4.74 Å². The zero-order chi connectivity index (χ0) is 15.7. The minimum Gasteiger partial charge on any atom is -0.477 e. The van der Waals surface area contributed by atoms with E-state index in [1.807, 2.05) is 19.1 Å². The Morgan fingerprint density at radius 2 is 2.23 bits per heavy atom. The molecule has 3 rings (SSSR count). The molecule has 2 N–H and O–H groups in total. The van der Waals surface area contributed by atoms with Crippen molar-refractivity contribution in [3.05, 3.63) is 29.7 Å². The number of carbonyl (C=O) groups is 1. The summed E-state index contributed by atoms with van der Waals surface area (Å²) < 4.78 is 5.54. The molecule has 2 aromatic heterocycles. The first kappa shape index (κ1) is 14.6. The second kappa shape index (κ2) is 5.44. The number of fused-ring (bicyclic) bond motifs is 1. The third-order valence-electron chi connectivity index (χ3n) is 3.68. The van der Waals surface area contributed by atoms with Crippen LogP contribution in [0.15, 0.2) is 18.3 Å². The number of pyridine rings is 1. The van der Waals surface area contributed by atoms with Gasteiger partial charge in [-0.25, -0.2) is 9.97 Å². The molecule has 6 heteroatoms. The summed E-state index contributed by atoms with van der Waals surface area (Å²) in [5.41, 5.74) is 2.08. The fourth-order valence-corrected chi connectivity index (χ4v) is 2.62. The molecule has 0 saturated heterocycles. The molecule has 0 unspecified atom stereocenters. The Hall–Kier alpha value is -2.37. The van der Waals surface area contributed by atoms with Crippen molar-refractivity contribution in [3.63, 3.8) is 0 Å². The average Bonchev–Trinajstić information content (AvgIpc) is 2.84. The van der Waals surface area contributed by atoms with Gasteiger partial charge in [0.2, 0.25) is 5.88 Å². The van der Waals surface area contributed by atoms with Gasteiger partial charge in [-0.3, -0.25) is 4.79 Å². The number of imidazole rings is 1. The molecule has 0 spiro atoms. The van der Waals surface area contributed by atoms with E-state index in [1.165, 1.54) is 0 Å². The minimum absolute atomic E-state index is 0.0115. The molecule has 0 radical (unpaired) electrons. The number of nitrogens with one attached hydrogen (secondary N) is 2. The normalized spacial score (nSPS) is 16.6. The van der Waals surface area contributed by atoms with Crippen molar-refractivity contribution in [2.75, 3.05) is 13.2 Å². The maximum absolute atomic E-state index is 12.2. The van der Waals surface area contributed by atoms with E-state index >= 15 is 0 Å². The van der Waals surface area contributed by atoms with Gasteiger partial charge in [0.25, 0.3) is 5.91 Å². The van der Waals surface area contributed by atoms with Gasteiger partial charge >= 0.3 is 0 Å². The third-order valence-corrected chi connectivity index (χ3v) is 3.68. The van der Waals surface area contributed by atoms with E-state index in [0.717, 1.165) is 17.7 Å².